The van der Waals surface area contributed by atoms with E-state index in [4.69, 9.17) is 11.6 Å². The van der Waals surface area contributed by atoms with E-state index in [1.165, 1.54) is 0 Å². The average Bonchev–Trinajstić information content (AvgIpc) is 2.86. The van der Waals surface area contributed by atoms with Crippen molar-refractivity contribution in [2.45, 2.75) is 24.8 Å². The molecule has 17 heavy (non-hydrogen) atoms. The molecule has 1 aliphatic rings. The highest BCUT2D eigenvalue weighted by Crippen LogP contribution is 2.20. The van der Waals surface area contributed by atoms with Crippen molar-refractivity contribution in [2.75, 3.05) is 13.2 Å². The van der Waals surface area contributed by atoms with Crippen LogP contribution in [0.3, 0.4) is 0 Å². The van der Waals surface area contributed by atoms with Crippen LogP contribution in [0.1, 0.15) is 28.8 Å². The molecular formula is C13H16ClNO2. The third kappa shape index (κ3) is 2.61. The van der Waals surface area contributed by atoms with E-state index in [1.54, 1.807) is 11.0 Å². The molecule has 1 N–H and O–H groups in total. The number of nitrogens with zero attached hydrogens (tertiary/aromatic N) is 1. The molecule has 0 unspecified atom stereocenters. The highest BCUT2D eigenvalue weighted by molar-refractivity contribution is 6.17. The van der Waals surface area contributed by atoms with Crippen LogP contribution in [0.5, 0.6) is 0 Å². The Morgan fingerprint density at radius 1 is 1.53 bits per heavy atom. The molecule has 0 bridgehead atoms. The molecule has 1 fully saturated rings. The monoisotopic (exact) mass is 253 g/mol. The van der Waals surface area contributed by atoms with Crippen molar-refractivity contribution in [3.8, 4) is 0 Å². The standard InChI is InChI=1S/C13H16ClNO2/c14-8-10-3-1-4-11(7-10)13(17)15-6-2-5-12(15)9-16/h1,3-4,7,12,16H,2,5-6,8-9H2/t12-/m1/s1. The zero-order valence-electron chi connectivity index (χ0n) is 9.60. The SMILES string of the molecule is O=C(c1cccc(CCl)c1)N1CCC[C@@H]1CO. The van der Waals surface area contributed by atoms with Gasteiger partial charge in [0, 0.05) is 18.0 Å². The predicted octanol–water partition coefficient (Wildman–Crippen LogP) is 2.02. The highest BCUT2D eigenvalue weighted by atomic mass is 35.5. The molecule has 1 aromatic rings. The molecule has 1 heterocycles. The Bertz CT molecular complexity index is 408. The van der Waals surface area contributed by atoms with Crippen LogP contribution in [0.4, 0.5) is 0 Å². The van der Waals surface area contributed by atoms with Gasteiger partial charge in [-0.3, -0.25) is 4.79 Å². The lowest BCUT2D eigenvalue weighted by atomic mass is 10.1. The fourth-order valence-electron chi connectivity index (χ4n) is 2.25. The van der Waals surface area contributed by atoms with Crippen molar-refractivity contribution in [1.82, 2.24) is 4.90 Å². The lowest BCUT2D eigenvalue weighted by Gasteiger charge is -2.23. The average molecular weight is 254 g/mol. The second-order valence-corrected chi connectivity index (χ2v) is 4.58. The molecular weight excluding hydrogens is 238 g/mol. The molecule has 0 aliphatic carbocycles. The van der Waals surface area contributed by atoms with Gasteiger partial charge in [0.2, 0.25) is 0 Å². The first-order chi connectivity index (χ1) is 8.26. The topological polar surface area (TPSA) is 40.5 Å². The molecule has 1 saturated heterocycles. The number of amides is 1. The Balaban J connectivity index is 2.18. The van der Waals surface area contributed by atoms with Gasteiger partial charge >= 0.3 is 0 Å². The first kappa shape index (κ1) is 12.4. The number of benzene rings is 1. The van der Waals surface area contributed by atoms with Crippen LogP contribution in [0, 0.1) is 0 Å². The third-order valence-corrected chi connectivity index (χ3v) is 3.49. The van der Waals surface area contributed by atoms with E-state index in [9.17, 15) is 9.90 Å². The van der Waals surface area contributed by atoms with Gasteiger partial charge in [0.25, 0.3) is 5.91 Å². The molecule has 4 heteroatoms. The number of aliphatic hydroxyl groups is 1. The second-order valence-electron chi connectivity index (χ2n) is 4.31. The van der Waals surface area contributed by atoms with Crippen LogP contribution < -0.4 is 0 Å². The lowest BCUT2D eigenvalue weighted by molar-refractivity contribution is 0.0677. The number of hydrogen-bond acceptors (Lipinski definition) is 2. The molecule has 0 aromatic heterocycles. The van der Waals surface area contributed by atoms with Crippen LogP contribution in [0.2, 0.25) is 0 Å². The maximum atomic E-state index is 12.3. The molecule has 2 rings (SSSR count). The van der Waals surface area contributed by atoms with Gasteiger partial charge in [-0.1, -0.05) is 12.1 Å². The van der Waals surface area contributed by atoms with Gasteiger partial charge in [0.05, 0.1) is 12.6 Å². The van der Waals surface area contributed by atoms with E-state index in [0.717, 1.165) is 24.9 Å². The van der Waals surface area contributed by atoms with Gasteiger partial charge in [-0.25, -0.2) is 0 Å². The van der Waals surface area contributed by atoms with E-state index in [0.29, 0.717) is 11.4 Å². The van der Waals surface area contributed by atoms with Crippen molar-refractivity contribution >= 4 is 17.5 Å². The Labute approximate surface area is 106 Å². The number of carbonyl (C=O) groups is 1. The summed E-state index contributed by atoms with van der Waals surface area (Å²) in [6, 6.07) is 7.33. The largest absolute Gasteiger partial charge is 0.394 e. The van der Waals surface area contributed by atoms with Crippen LogP contribution in [-0.4, -0.2) is 35.1 Å². The van der Waals surface area contributed by atoms with Gasteiger partial charge < -0.3 is 10.0 Å². The Morgan fingerprint density at radius 3 is 3.06 bits per heavy atom. The number of aliphatic hydroxyl groups excluding tert-OH is 1. The molecule has 1 aromatic carbocycles. The molecule has 0 spiro atoms. The first-order valence-corrected chi connectivity index (χ1v) is 6.36. The summed E-state index contributed by atoms with van der Waals surface area (Å²) in [6.45, 7) is 0.774. The molecule has 0 radical (unpaired) electrons. The van der Waals surface area contributed by atoms with Gasteiger partial charge in [0.1, 0.15) is 0 Å². The van der Waals surface area contributed by atoms with Crippen LogP contribution in [-0.2, 0) is 5.88 Å². The summed E-state index contributed by atoms with van der Waals surface area (Å²) >= 11 is 5.75. The highest BCUT2D eigenvalue weighted by Gasteiger charge is 2.28. The first-order valence-electron chi connectivity index (χ1n) is 5.83. The maximum absolute atomic E-state index is 12.3. The molecule has 1 atom stereocenters. The fraction of sp³-hybridized carbons (Fsp3) is 0.462. The van der Waals surface area contributed by atoms with Crippen molar-refractivity contribution in [1.29, 1.82) is 0 Å². The van der Waals surface area contributed by atoms with E-state index in [-0.39, 0.29) is 18.6 Å². The fourth-order valence-corrected chi connectivity index (χ4v) is 2.41. The van der Waals surface area contributed by atoms with Gasteiger partial charge in [-0.2, -0.15) is 0 Å². The van der Waals surface area contributed by atoms with Crippen molar-refractivity contribution in [3.05, 3.63) is 35.4 Å². The third-order valence-electron chi connectivity index (χ3n) is 3.18. The van der Waals surface area contributed by atoms with Crippen LogP contribution in [0.15, 0.2) is 24.3 Å². The van der Waals surface area contributed by atoms with E-state index < -0.39 is 0 Å². The summed E-state index contributed by atoms with van der Waals surface area (Å²) < 4.78 is 0. The normalized spacial score (nSPS) is 19.6. The van der Waals surface area contributed by atoms with E-state index in [1.807, 2.05) is 18.2 Å². The second kappa shape index (κ2) is 5.52. The minimum absolute atomic E-state index is 0.00600. The number of halogens is 1. The molecule has 0 saturated carbocycles. The maximum Gasteiger partial charge on any atom is 0.254 e. The van der Waals surface area contributed by atoms with E-state index >= 15 is 0 Å². The summed E-state index contributed by atoms with van der Waals surface area (Å²) in [5.41, 5.74) is 1.60. The zero-order valence-corrected chi connectivity index (χ0v) is 10.4. The Hall–Kier alpha value is -1.06. The number of alkyl halides is 1. The van der Waals surface area contributed by atoms with Gasteiger partial charge in [0.15, 0.2) is 0 Å². The molecule has 1 amide bonds. The Morgan fingerprint density at radius 2 is 2.35 bits per heavy atom. The number of carbonyl (C=O) groups excluding carboxylic acids is 1. The minimum Gasteiger partial charge on any atom is -0.394 e. The molecule has 1 aliphatic heterocycles. The minimum atomic E-state index is -0.0258. The number of hydrogen-bond donors (Lipinski definition) is 1. The van der Waals surface area contributed by atoms with Gasteiger partial charge in [-0.05, 0) is 30.5 Å². The summed E-state index contributed by atoms with van der Waals surface area (Å²) in [5, 5.41) is 9.22. The predicted molar refractivity (Wildman–Crippen MR) is 67.1 cm³/mol. The summed E-state index contributed by atoms with van der Waals surface area (Å²) in [4.78, 5) is 14.0. The zero-order chi connectivity index (χ0) is 12.3. The van der Waals surface area contributed by atoms with Crippen molar-refractivity contribution in [2.24, 2.45) is 0 Å². The van der Waals surface area contributed by atoms with Gasteiger partial charge in [-0.15, -0.1) is 11.6 Å². The molecule has 92 valence electrons. The Kier molecular flexibility index (Phi) is 4.02. The smallest absolute Gasteiger partial charge is 0.254 e. The quantitative estimate of drug-likeness (QED) is 0.838. The summed E-state index contributed by atoms with van der Waals surface area (Å²) in [5.74, 6) is 0.401. The van der Waals surface area contributed by atoms with Crippen molar-refractivity contribution < 1.29 is 9.90 Å². The van der Waals surface area contributed by atoms with Crippen LogP contribution in [0.25, 0.3) is 0 Å². The number of rotatable bonds is 3. The molecule has 3 nitrogen and oxygen atoms in total. The van der Waals surface area contributed by atoms with E-state index in [2.05, 4.69) is 0 Å². The summed E-state index contributed by atoms with van der Waals surface area (Å²) in [7, 11) is 0. The number of likely N-dealkylation sites (tertiary alicyclic amines) is 1. The summed E-state index contributed by atoms with van der Waals surface area (Å²) in [6.07, 6.45) is 1.85. The lowest BCUT2D eigenvalue weighted by Crippen LogP contribution is -2.37. The van der Waals surface area contributed by atoms with Crippen molar-refractivity contribution in [3.63, 3.8) is 0 Å². The van der Waals surface area contributed by atoms with Crippen LogP contribution >= 0.6 is 11.6 Å².